The lowest BCUT2D eigenvalue weighted by Crippen LogP contribution is -2.32. The van der Waals surface area contributed by atoms with Crippen LogP contribution in [0.1, 0.15) is 64.7 Å². The summed E-state index contributed by atoms with van der Waals surface area (Å²) in [5.41, 5.74) is -0.233. The maximum atomic E-state index is 15.6. The average Bonchev–Trinajstić information content (AvgIpc) is 3.03. The third kappa shape index (κ3) is 7.54. The molecule has 0 spiro atoms. The molecule has 0 aliphatic rings. The molecule has 1 atom stereocenters. The highest BCUT2D eigenvalue weighted by Crippen LogP contribution is 2.57. The van der Waals surface area contributed by atoms with Crippen molar-refractivity contribution in [3.63, 3.8) is 0 Å². The van der Waals surface area contributed by atoms with Crippen LogP contribution in [0.2, 0.25) is 0 Å². The highest BCUT2D eigenvalue weighted by atomic mass is 31.2. The largest absolute Gasteiger partial charge is 0.314 e. The van der Waals surface area contributed by atoms with Crippen LogP contribution in [0.25, 0.3) is 0 Å². The van der Waals surface area contributed by atoms with E-state index in [1.54, 1.807) is 0 Å². The van der Waals surface area contributed by atoms with Gasteiger partial charge in [0.1, 0.15) is 14.3 Å². The number of benzene rings is 4. The van der Waals surface area contributed by atoms with Crippen LogP contribution in [0, 0.1) is 0 Å². The first-order chi connectivity index (χ1) is 19.6. The van der Waals surface area contributed by atoms with Crippen LogP contribution in [0.4, 0.5) is 0 Å². The van der Waals surface area contributed by atoms with Crippen LogP contribution in [-0.2, 0) is 9.13 Å². The molecule has 210 valence electrons. The summed E-state index contributed by atoms with van der Waals surface area (Å²) in [4.78, 5) is 0. The minimum absolute atomic E-state index is 0.233. The first-order valence-corrected chi connectivity index (χ1v) is 18.7. The Morgan fingerprint density at radius 1 is 0.475 bits per heavy atom. The van der Waals surface area contributed by atoms with E-state index in [2.05, 4.69) is 6.92 Å². The Hall–Kier alpha value is -2.66. The van der Waals surface area contributed by atoms with E-state index in [4.69, 9.17) is 0 Å². The molecule has 0 N–H and O–H groups in total. The summed E-state index contributed by atoms with van der Waals surface area (Å²) in [6, 6.07) is 39.6. The van der Waals surface area contributed by atoms with Gasteiger partial charge in [-0.3, -0.25) is 0 Å². The van der Waals surface area contributed by atoms with Crippen molar-refractivity contribution in [2.75, 3.05) is 6.16 Å². The highest BCUT2D eigenvalue weighted by Gasteiger charge is 2.41. The lowest BCUT2D eigenvalue weighted by atomic mass is 10.1. The van der Waals surface area contributed by atoms with E-state index in [-0.39, 0.29) is 5.66 Å². The Kier molecular flexibility index (Phi) is 11.6. The molecule has 4 aromatic carbocycles. The van der Waals surface area contributed by atoms with Crippen molar-refractivity contribution >= 4 is 35.5 Å². The van der Waals surface area contributed by atoms with Crippen LogP contribution >= 0.6 is 14.3 Å². The molecule has 4 aromatic rings. The first-order valence-electron chi connectivity index (χ1n) is 15.0. The Morgan fingerprint density at radius 3 is 1.23 bits per heavy atom. The third-order valence-corrected chi connectivity index (χ3v) is 15.1. The van der Waals surface area contributed by atoms with Crippen molar-refractivity contribution in [3.8, 4) is 0 Å². The smallest absolute Gasteiger partial charge is 0.146 e. The Balaban J connectivity index is 1.72. The lowest BCUT2D eigenvalue weighted by Gasteiger charge is -2.32. The molecule has 40 heavy (non-hydrogen) atoms. The molecular formula is C36H44O2P2. The standard InChI is InChI=1S/C36H44O2P2/c1-2-3-4-5-6-7-8-13-30-36(40(38,34-26-18-11-19-27-34)35-28-20-12-21-29-35)31-39(37,32-22-14-9-15-23-32)33-24-16-10-17-25-33/h9-12,14-29,36H,2-8,13,30-31H2,1H3. The van der Waals surface area contributed by atoms with Gasteiger partial charge in [0.15, 0.2) is 0 Å². The van der Waals surface area contributed by atoms with Crippen molar-refractivity contribution < 1.29 is 9.13 Å². The maximum absolute atomic E-state index is 15.6. The van der Waals surface area contributed by atoms with Crippen molar-refractivity contribution in [2.24, 2.45) is 0 Å². The van der Waals surface area contributed by atoms with Crippen LogP contribution in [0.5, 0.6) is 0 Å². The molecule has 0 bridgehead atoms. The molecule has 2 nitrogen and oxygen atoms in total. The fourth-order valence-electron chi connectivity index (χ4n) is 5.77. The summed E-state index contributed by atoms with van der Waals surface area (Å²) >= 11 is 0. The Labute approximate surface area is 242 Å². The monoisotopic (exact) mass is 570 g/mol. The lowest BCUT2D eigenvalue weighted by molar-refractivity contribution is 0.546. The van der Waals surface area contributed by atoms with Crippen molar-refractivity contribution in [3.05, 3.63) is 121 Å². The number of rotatable bonds is 16. The van der Waals surface area contributed by atoms with Crippen molar-refractivity contribution in [2.45, 2.75) is 70.4 Å². The molecule has 0 amide bonds. The second kappa shape index (κ2) is 15.4. The van der Waals surface area contributed by atoms with E-state index in [9.17, 15) is 0 Å². The predicted molar refractivity (Wildman–Crippen MR) is 175 cm³/mol. The predicted octanol–water partition coefficient (Wildman–Crippen LogP) is 8.91. The van der Waals surface area contributed by atoms with Crippen molar-refractivity contribution in [1.29, 1.82) is 0 Å². The second-order valence-electron chi connectivity index (χ2n) is 10.8. The minimum Gasteiger partial charge on any atom is -0.314 e. The minimum atomic E-state index is -3.11. The number of hydrogen-bond acceptors (Lipinski definition) is 2. The van der Waals surface area contributed by atoms with E-state index >= 15 is 9.13 Å². The fourth-order valence-corrected chi connectivity index (χ4v) is 13.1. The molecule has 0 saturated carbocycles. The zero-order chi connectivity index (χ0) is 28.1. The molecule has 0 aliphatic heterocycles. The van der Waals surface area contributed by atoms with Gasteiger partial charge >= 0.3 is 0 Å². The first kappa shape index (κ1) is 30.3. The average molecular weight is 571 g/mol. The zero-order valence-electron chi connectivity index (χ0n) is 23.9. The summed E-state index contributed by atoms with van der Waals surface area (Å²) in [5, 5.41) is 3.40. The molecule has 0 aliphatic carbocycles. The summed E-state index contributed by atoms with van der Waals surface area (Å²) in [5.74, 6) is 0. The van der Waals surface area contributed by atoms with Gasteiger partial charge in [-0.2, -0.15) is 0 Å². The molecule has 4 heteroatoms. The van der Waals surface area contributed by atoms with Crippen LogP contribution < -0.4 is 21.2 Å². The quantitative estimate of drug-likeness (QED) is 0.0996. The fraction of sp³-hybridized carbons (Fsp3) is 0.333. The van der Waals surface area contributed by atoms with Gasteiger partial charge in [0.2, 0.25) is 0 Å². The number of unbranched alkanes of at least 4 members (excludes halogenated alkanes) is 7. The summed E-state index contributed by atoms with van der Waals surface area (Å²) in [6.45, 7) is 2.25. The SMILES string of the molecule is CCCCCCCCCCC(CP(=O)(c1ccccc1)c1ccccc1)P(=O)(c1ccccc1)c1ccccc1. The van der Waals surface area contributed by atoms with Gasteiger partial charge in [-0.1, -0.05) is 180 Å². The Bertz CT molecular complexity index is 1270. The zero-order valence-corrected chi connectivity index (χ0v) is 25.7. The van der Waals surface area contributed by atoms with Gasteiger partial charge in [-0.15, -0.1) is 0 Å². The van der Waals surface area contributed by atoms with E-state index in [1.807, 2.05) is 121 Å². The molecular weight excluding hydrogens is 526 g/mol. The van der Waals surface area contributed by atoms with E-state index in [0.717, 1.165) is 40.5 Å². The highest BCUT2D eigenvalue weighted by molar-refractivity contribution is 7.82. The van der Waals surface area contributed by atoms with Gasteiger partial charge in [0, 0.05) is 33.0 Å². The van der Waals surface area contributed by atoms with E-state index in [1.165, 1.54) is 38.5 Å². The van der Waals surface area contributed by atoms with E-state index in [0.29, 0.717) is 6.16 Å². The molecule has 1 unspecified atom stereocenters. The number of hydrogen-bond donors (Lipinski definition) is 0. The van der Waals surface area contributed by atoms with Crippen LogP contribution in [0.15, 0.2) is 121 Å². The summed E-state index contributed by atoms with van der Waals surface area (Å²) in [6.07, 6.45) is 10.9. The van der Waals surface area contributed by atoms with Gasteiger partial charge in [0.05, 0.1) is 0 Å². The van der Waals surface area contributed by atoms with Gasteiger partial charge in [0.25, 0.3) is 0 Å². The second-order valence-corrected chi connectivity index (χ2v) is 16.8. The molecule has 0 aromatic heterocycles. The Morgan fingerprint density at radius 2 is 0.825 bits per heavy atom. The topological polar surface area (TPSA) is 34.1 Å². The molecule has 0 heterocycles. The van der Waals surface area contributed by atoms with Crippen molar-refractivity contribution in [1.82, 2.24) is 0 Å². The van der Waals surface area contributed by atoms with E-state index < -0.39 is 14.3 Å². The third-order valence-electron chi connectivity index (χ3n) is 8.00. The summed E-state index contributed by atoms with van der Waals surface area (Å²) in [7, 11) is -6.18. The molecule has 0 fully saturated rings. The maximum Gasteiger partial charge on any atom is 0.146 e. The van der Waals surface area contributed by atoms with Gasteiger partial charge in [-0.05, 0) is 6.42 Å². The normalized spacial score (nSPS) is 12.7. The van der Waals surface area contributed by atoms with Gasteiger partial charge in [-0.25, -0.2) is 0 Å². The molecule has 4 rings (SSSR count). The van der Waals surface area contributed by atoms with Gasteiger partial charge < -0.3 is 9.13 Å². The summed E-state index contributed by atoms with van der Waals surface area (Å²) < 4.78 is 30.8. The van der Waals surface area contributed by atoms with Crippen LogP contribution in [-0.4, -0.2) is 11.8 Å². The van der Waals surface area contributed by atoms with Crippen LogP contribution in [0.3, 0.4) is 0 Å². The molecule has 0 radical (unpaired) electrons. The molecule has 0 saturated heterocycles.